The maximum absolute atomic E-state index is 13.5. The topological polar surface area (TPSA) is 102 Å². The fourth-order valence-electron chi connectivity index (χ4n) is 4.94. The standard InChI is InChI=1S/C30H24FN3O5S2/c1-16-13-20-14-19(7-12-23(20)39-16)26(35)24-25(18-5-10-22(38-2)11-6-18)34(28(37)27(24)36)29-32-33-30(41-29)40-15-17-3-8-21(31)9-4-17/h3-12,14,16,25,35H,13,15H2,1-2H3/b26-24+. The number of ketones is 1. The first kappa shape index (κ1) is 27.0. The molecule has 1 N–H and O–H groups in total. The average Bonchev–Trinajstić information content (AvgIpc) is 3.67. The molecule has 0 spiro atoms. The minimum Gasteiger partial charge on any atom is -0.507 e. The molecular weight excluding hydrogens is 565 g/mol. The van der Waals surface area contributed by atoms with E-state index in [0.29, 0.717) is 33.4 Å². The molecule has 0 bridgehead atoms. The molecule has 1 saturated heterocycles. The van der Waals surface area contributed by atoms with Gasteiger partial charge < -0.3 is 14.6 Å². The Kier molecular flexibility index (Phi) is 7.22. The fourth-order valence-corrected chi connectivity index (χ4v) is 6.76. The summed E-state index contributed by atoms with van der Waals surface area (Å²) >= 11 is 2.55. The Hall–Kier alpha value is -4.22. The number of fused-ring (bicyclic) bond motifs is 1. The quantitative estimate of drug-likeness (QED) is 0.0931. The van der Waals surface area contributed by atoms with Crippen LogP contribution in [0.3, 0.4) is 0 Å². The highest BCUT2D eigenvalue weighted by Gasteiger charge is 2.48. The van der Waals surface area contributed by atoms with E-state index in [2.05, 4.69) is 10.2 Å². The van der Waals surface area contributed by atoms with Crippen LogP contribution in [-0.2, 0) is 21.8 Å². The molecule has 2 aliphatic heterocycles. The molecule has 8 nitrogen and oxygen atoms in total. The molecule has 0 radical (unpaired) electrons. The molecule has 4 aromatic rings. The first-order valence-electron chi connectivity index (χ1n) is 12.8. The average molecular weight is 590 g/mol. The number of aliphatic hydroxyl groups excluding tert-OH is 1. The van der Waals surface area contributed by atoms with Crippen LogP contribution in [0.25, 0.3) is 5.76 Å². The maximum Gasteiger partial charge on any atom is 0.301 e. The molecule has 41 heavy (non-hydrogen) atoms. The number of nitrogens with zero attached hydrogens (tertiary/aromatic N) is 3. The molecule has 1 amide bonds. The molecule has 3 heterocycles. The maximum atomic E-state index is 13.5. The van der Waals surface area contributed by atoms with Gasteiger partial charge in [-0.15, -0.1) is 10.2 Å². The molecular formula is C30H24FN3O5S2. The van der Waals surface area contributed by atoms with Gasteiger partial charge in [-0.1, -0.05) is 47.4 Å². The number of hydrogen-bond donors (Lipinski definition) is 1. The van der Waals surface area contributed by atoms with Gasteiger partial charge in [0, 0.05) is 17.7 Å². The zero-order valence-corrected chi connectivity index (χ0v) is 23.7. The number of Topliss-reactive ketones (excluding diaryl/α,β-unsaturated/α-hetero) is 1. The smallest absolute Gasteiger partial charge is 0.301 e. The first-order valence-corrected chi connectivity index (χ1v) is 14.6. The number of halogens is 1. The van der Waals surface area contributed by atoms with E-state index >= 15 is 0 Å². The Morgan fingerprint density at radius 1 is 1.12 bits per heavy atom. The normalized spacial score (nSPS) is 19.3. The zero-order valence-electron chi connectivity index (χ0n) is 22.0. The van der Waals surface area contributed by atoms with Crippen molar-refractivity contribution in [1.29, 1.82) is 0 Å². The number of anilines is 1. The lowest BCUT2D eigenvalue weighted by Gasteiger charge is -2.22. The van der Waals surface area contributed by atoms with Crippen LogP contribution in [0.15, 0.2) is 76.6 Å². The van der Waals surface area contributed by atoms with E-state index in [4.69, 9.17) is 9.47 Å². The zero-order chi connectivity index (χ0) is 28.7. The van der Waals surface area contributed by atoms with Crippen molar-refractivity contribution in [1.82, 2.24) is 10.2 Å². The number of carbonyl (C=O) groups is 2. The Bertz CT molecular complexity index is 1670. The molecule has 6 rings (SSSR count). The van der Waals surface area contributed by atoms with E-state index in [-0.39, 0.29) is 28.4 Å². The number of amides is 1. The van der Waals surface area contributed by atoms with Gasteiger partial charge in [0.25, 0.3) is 5.78 Å². The van der Waals surface area contributed by atoms with Crippen molar-refractivity contribution in [2.45, 2.75) is 35.6 Å². The Morgan fingerprint density at radius 2 is 1.88 bits per heavy atom. The summed E-state index contributed by atoms with van der Waals surface area (Å²) in [5, 5.41) is 20.2. The summed E-state index contributed by atoms with van der Waals surface area (Å²) in [7, 11) is 1.55. The minimum atomic E-state index is -0.938. The summed E-state index contributed by atoms with van der Waals surface area (Å²) in [6.07, 6.45) is 0.690. The van der Waals surface area contributed by atoms with E-state index < -0.39 is 17.7 Å². The lowest BCUT2D eigenvalue weighted by atomic mass is 9.94. The summed E-state index contributed by atoms with van der Waals surface area (Å²) in [5.74, 6) is -0.343. The van der Waals surface area contributed by atoms with Crippen molar-refractivity contribution in [3.63, 3.8) is 0 Å². The van der Waals surface area contributed by atoms with E-state index in [1.165, 1.54) is 28.8 Å². The van der Waals surface area contributed by atoms with Crippen LogP contribution in [0.1, 0.15) is 35.2 Å². The van der Waals surface area contributed by atoms with Gasteiger partial charge in [0.15, 0.2) is 4.34 Å². The number of aliphatic hydroxyl groups is 1. The van der Waals surface area contributed by atoms with Crippen molar-refractivity contribution in [3.05, 3.63) is 100 Å². The van der Waals surface area contributed by atoms with Gasteiger partial charge in [0.1, 0.15) is 29.2 Å². The van der Waals surface area contributed by atoms with Gasteiger partial charge in [-0.25, -0.2) is 4.39 Å². The molecule has 1 fully saturated rings. The second-order valence-electron chi connectivity index (χ2n) is 9.66. The Morgan fingerprint density at radius 3 is 2.61 bits per heavy atom. The van der Waals surface area contributed by atoms with Crippen molar-refractivity contribution in [2.75, 3.05) is 12.0 Å². The number of hydrogen-bond acceptors (Lipinski definition) is 9. The molecule has 2 aliphatic rings. The van der Waals surface area contributed by atoms with Crippen LogP contribution >= 0.6 is 23.1 Å². The lowest BCUT2D eigenvalue weighted by molar-refractivity contribution is -0.132. The molecule has 3 aromatic carbocycles. The summed E-state index contributed by atoms with van der Waals surface area (Å²) in [5.41, 5.74) is 2.80. The van der Waals surface area contributed by atoms with Gasteiger partial charge >= 0.3 is 5.91 Å². The SMILES string of the molecule is COc1ccc(C2/C(=C(\O)c3ccc4c(c3)CC(C)O4)C(=O)C(=O)N2c2nnc(SCc3ccc(F)cc3)s2)cc1. The third-order valence-electron chi connectivity index (χ3n) is 6.92. The summed E-state index contributed by atoms with van der Waals surface area (Å²) in [4.78, 5) is 28.3. The molecule has 0 aliphatic carbocycles. The second-order valence-corrected chi connectivity index (χ2v) is 11.8. The molecule has 1 aromatic heterocycles. The van der Waals surface area contributed by atoms with Crippen molar-refractivity contribution in [3.8, 4) is 11.5 Å². The van der Waals surface area contributed by atoms with Crippen LogP contribution in [0.5, 0.6) is 11.5 Å². The Balaban J connectivity index is 1.38. The van der Waals surface area contributed by atoms with Gasteiger partial charge in [0.2, 0.25) is 5.13 Å². The predicted molar refractivity (Wildman–Crippen MR) is 154 cm³/mol. The number of aromatic nitrogens is 2. The van der Waals surface area contributed by atoms with E-state index in [1.54, 1.807) is 61.7 Å². The highest BCUT2D eigenvalue weighted by atomic mass is 32.2. The predicted octanol–water partition coefficient (Wildman–Crippen LogP) is 5.93. The third kappa shape index (κ3) is 5.18. The summed E-state index contributed by atoms with van der Waals surface area (Å²) < 4.78 is 24.9. The van der Waals surface area contributed by atoms with Crippen LogP contribution in [0.4, 0.5) is 9.52 Å². The number of benzene rings is 3. The van der Waals surface area contributed by atoms with Crippen LogP contribution in [-0.4, -0.2) is 40.2 Å². The van der Waals surface area contributed by atoms with Gasteiger partial charge in [0.05, 0.1) is 18.7 Å². The number of methoxy groups -OCH3 is 1. The van der Waals surface area contributed by atoms with E-state index in [9.17, 15) is 19.1 Å². The van der Waals surface area contributed by atoms with Gasteiger partial charge in [-0.05, 0) is 66.1 Å². The van der Waals surface area contributed by atoms with E-state index in [1.807, 2.05) is 6.92 Å². The first-order chi connectivity index (χ1) is 19.8. The number of rotatable bonds is 7. The summed E-state index contributed by atoms with van der Waals surface area (Å²) in [6, 6.07) is 17.4. The largest absolute Gasteiger partial charge is 0.507 e. The highest BCUT2D eigenvalue weighted by molar-refractivity contribution is 8.00. The van der Waals surface area contributed by atoms with Crippen molar-refractivity contribution in [2.24, 2.45) is 0 Å². The van der Waals surface area contributed by atoms with Gasteiger partial charge in [-0.2, -0.15) is 0 Å². The van der Waals surface area contributed by atoms with Crippen LogP contribution in [0, 0.1) is 5.82 Å². The molecule has 2 unspecified atom stereocenters. The van der Waals surface area contributed by atoms with E-state index in [0.717, 1.165) is 28.2 Å². The number of ether oxygens (including phenoxy) is 2. The highest BCUT2D eigenvalue weighted by Crippen LogP contribution is 2.45. The number of thioether (sulfide) groups is 1. The monoisotopic (exact) mass is 589 g/mol. The third-order valence-corrected chi connectivity index (χ3v) is 9.05. The lowest BCUT2D eigenvalue weighted by Crippen LogP contribution is -2.29. The van der Waals surface area contributed by atoms with Crippen molar-refractivity contribution < 1.29 is 28.6 Å². The Labute approximate surface area is 243 Å². The summed E-state index contributed by atoms with van der Waals surface area (Å²) in [6.45, 7) is 1.96. The minimum absolute atomic E-state index is 0.0137. The fraction of sp³-hybridized carbons (Fsp3) is 0.200. The molecule has 2 atom stereocenters. The van der Waals surface area contributed by atoms with Crippen LogP contribution < -0.4 is 14.4 Å². The number of carbonyl (C=O) groups excluding carboxylic acids is 2. The van der Waals surface area contributed by atoms with Gasteiger partial charge in [-0.3, -0.25) is 14.5 Å². The second kappa shape index (κ2) is 11.0. The van der Waals surface area contributed by atoms with Crippen molar-refractivity contribution >= 4 is 45.7 Å². The van der Waals surface area contributed by atoms with Crippen LogP contribution in [0.2, 0.25) is 0 Å². The molecule has 11 heteroatoms. The molecule has 0 saturated carbocycles. The molecule has 208 valence electrons.